The van der Waals surface area contributed by atoms with Crippen molar-refractivity contribution in [1.29, 1.82) is 0 Å². The summed E-state index contributed by atoms with van der Waals surface area (Å²) < 4.78 is 5.17. The van der Waals surface area contributed by atoms with Crippen LogP contribution in [0.4, 0.5) is 17.1 Å². The first-order valence-electron chi connectivity index (χ1n) is 6.75. The first kappa shape index (κ1) is 18.0. The van der Waals surface area contributed by atoms with Crippen LogP contribution < -0.4 is 5.32 Å². The molecule has 1 aliphatic heterocycles. The summed E-state index contributed by atoms with van der Waals surface area (Å²) in [4.78, 5) is 20.0. The Hall–Kier alpha value is -2.38. The molecule has 1 aromatic rings. The SMILES string of the molecule is O=[N+]([O-])c1cc(N[C@@H]2O[C@H](CO)[C@@H](O)[C@H](O)[C@H]2O)cc([N+](=O)[O-])c1. The molecule has 0 unspecified atom stereocenters. The second-order valence-corrected chi connectivity index (χ2v) is 5.15. The van der Waals surface area contributed by atoms with Crippen LogP contribution in [-0.2, 0) is 4.74 Å². The molecule has 1 fully saturated rings. The van der Waals surface area contributed by atoms with E-state index in [1.807, 2.05) is 0 Å². The molecule has 0 spiro atoms. The fraction of sp³-hybridized carbons (Fsp3) is 0.500. The summed E-state index contributed by atoms with van der Waals surface area (Å²) in [5.41, 5.74) is -1.23. The van der Waals surface area contributed by atoms with Crippen LogP contribution in [0.25, 0.3) is 0 Å². The molecule has 132 valence electrons. The van der Waals surface area contributed by atoms with Crippen LogP contribution in [-0.4, -0.2) is 67.5 Å². The van der Waals surface area contributed by atoms with Crippen LogP contribution in [0.2, 0.25) is 0 Å². The number of hydrogen-bond donors (Lipinski definition) is 5. The van der Waals surface area contributed by atoms with Gasteiger partial charge in [0.2, 0.25) is 0 Å². The Kier molecular flexibility index (Phi) is 5.26. The molecule has 1 aromatic carbocycles. The lowest BCUT2D eigenvalue weighted by Gasteiger charge is -2.40. The number of anilines is 1. The minimum Gasteiger partial charge on any atom is -0.394 e. The van der Waals surface area contributed by atoms with Crippen molar-refractivity contribution in [2.45, 2.75) is 30.6 Å². The van der Waals surface area contributed by atoms with E-state index in [2.05, 4.69) is 5.32 Å². The molecule has 0 saturated carbocycles. The highest BCUT2D eigenvalue weighted by Gasteiger charge is 2.43. The average Bonchev–Trinajstić information content (AvgIpc) is 2.55. The number of aliphatic hydroxyl groups excluding tert-OH is 4. The van der Waals surface area contributed by atoms with Crippen molar-refractivity contribution in [3.8, 4) is 0 Å². The number of nitro groups is 2. The van der Waals surface area contributed by atoms with E-state index in [-0.39, 0.29) is 5.69 Å². The molecule has 2 rings (SSSR count). The van der Waals surface area contributed by atoms with E-state index in [1.165, 1.54) is 0 Å². The predicted molar refractivity (Wildman–Crippen MR) is 77.1 cm³/mol. The minimum atomic E-state index is -1.65. The number of nitro benzene ring substituents is 2. The van der Waals surface area contributed by atoms with Crippen LogP contribution in [0.3, 0.4) is 0 Å². The normalized spacial score (nSPS) is 29.9. The number of non-ortho nitro benzene ring substituents is 2. The van der Waals surface area contributed by atoms with E-state index in [1.54, 1.807) is 0 Å². The maximum absolute atomic E-state index is 10.8. The third kappa shape index (κ3) is 3.58. The van der Waals surface area contributed by atoms with Gasteiger partial charge in [0, 0.05) is 17.8 Å². The van der Waals surface area contributed by atoms with E-state index in [4.69, 9.17) is 9.84 Å². The lowest BCUT2D eigenvalue weighted by Crippen LogP contribution is -2.60. The lowest BCUT2D eigenvalue weighted by atomic mass is 9.98. The summed E-state index contributed by atoms with van der Waals surface area (Å²) in [7, 11) is 0. The predicted octanol–water partition coefficient (Wildman–Crippen LogP) is -1.29. The summed E-state index contributed by atoms with van der Waals surface area (Å²) in [6, 6.07) is 2.72. The zero-order valence-corrected chi connectivity index (χ0v) is 12.1. The zero-order valence-electron chi connectivity index (χ0n) is 12.1. The Morgan fingerprint density at radius 2 is 1.54 bits per heavy atom. The van der Waals surface area contributed by atoms with Crippen molar-refractivity contribution < 1.29 is 35.0 Å². The Balaban J connectivity index is 2.29. The van der Waals surface area contributed by atoms with E-state index >= 15 is 0 Å². The molecule has 5 N–H and O–H groups in total. The zero-order chi connectivity index (χ0) is 18.0. The van der Waals surface area contributed by atoms with Crippen LogP contribution in [0.15, 0.2) is 18.2 Å². The highest BCUT2D eigenvalue weighted by molar-refractivity contribution is 5.59. The second-order valence-electron chi connectivity index (χ2n) is 5.15. The van der Waals surface area contributed by atoms with Gasteiger partial charge in [-0.05, 0) is 0 Å². The van der Waals surface area contributed by atoms with Gasteiger partial charge in [0.1, 0.15) is 24.4 Å². The van der Waals surface area contributed by atoms with Crippen molar-refractivity contribution in [2.75, 3.05) is 11.9 Å². The second kappa shape index (κ2) is 7.02. The maximum atomic E-state index is 10.8. The van der Waals surface area contributed by atoms with Crippen molar-refractivity contribution in [3.63, 3.8) is 0 Å². The van der Waals surface area contributed by atoms with Gasteiger partial charge in [0.05, 0.1) is 22.5 Å². The summed E-state index contributed by atoms with van der Waals surface area (Å²) >= 11 is 0. The summed E-state index contributed by atoms with van der Waals surface area (Å²) in [6.07, 6.45) is -7.40. The molecule has 5 atom stereocenters. The fourth-order valence-corrected chi connectivity index (χ4v) is 2.27. The van der Waals surface area contributed by atoms with Gasteiger partial charge in [-0.2, -0.15) is 0 Å². The molecule has 1 saturated heterocycles. The van der Waals surface area contributed by atoms with Gasteiger partial charge in [0.15, 0.2) is 6.23 Å². The molecule has 0 aromatic heterocycles. The average molecular weight is 345 g/mol. The van der Waals surface area contributed by atoms with Gasteiger partial charge in [-0.15, -0.1) is 0 Å². The van der Waals surface area contributed by atoms with Gasteiger partial charge in [-0.1, -0.05) is 0 Å². The fourth-order valence-electron chi connectivity index (χ4n) is 2.27. The number of nitrogens with zero attached hydrogens (tertiary/aromatic N) is 2. The van der Waals surface area contributed by atoms with Gasteiger partial charge in [-0.25, -0.2) is 0 Å². The molecule has 12 heteroatoms. The summed E-state index contributed by atoms with van der Waals surface area (Å²) in [6.45, 7) is -0.655. The van der Waals surface area contributed by atoms with Crippen LogP contribution in [0.1, 0.15) is 0 Å². The Bertz CT molecular complexity index is 606. The summed E-state index contributed by atoms with van der Waals surface area (Å²) in [5.74, 6) is 0. The lowest BCUT2D eigenvalue weighted by molar-refractivity contribution is -0.394. The van der Waals surface area contributed by atoms with Crippen LogP contribution in [0, 0.1) is 20.2 Å². The Morgan fingerprint density at radius 3 is 2.00 bits per heavy atom. The molecule has 24 heavy (non-hydrogen) atoms. The first-order chi connectivity index (χ1) is 11.2. The molecule has 0 amide bonds. The molecule has 12 nitrogen and oxygen atoms in total. The molecule has 1 aliphatic rings. The van der Waals surface area contributed by atoms with Gasteiger partial charge < -0.3 is 30.5 Å². The topological polar surface area (TPSA) is 188 Å². The summed E-state index contributed by atoms with van der Waals surface area (Å²) in [5, 5.41) is 62.5. The molecule has 1 heterocycles. The third-order valence-corrected chi connectivity index (χ3v) is 3.53. The van der Waals surface area contributed by atoms with E-state index in [9.17, 15) is 35.5 Å². The number of ether oxygens (including phenoxy) is 1. The molecular formula is C12H15N3O9. The number of hydrogen-bond acceptors (Lipinski definition) is 10. The van der Waals surface area contributed by atoms with Gasteiger partial charge in [-0.3, -0.25) is 20.2 Å². The molecule has 0 aliphatic carbocycles. The van der Waals surface area contributed by atoms with Crippen LogP contribution in [0.5, 0.6) is 0 Å². The number of aliphatic hydroxyl groups is 4. The maximum Gasteiger partial charge on any atom is 0.278 e. The largest absolute Gasteiger partial charge is 0.394 e. The quantitative estimate of drug-likeness (QED) is 0.317. The standard InChI is InChI=1S/C12H15N3O9/c16-4-8-9(17)10(18)11(19)12(24-8)13-5-1-6(14(20)21)3-7(2-5)15(22)23/h1-3,8-13,16-19H,4H2/t8-,9-,10+,11-,12-/m1/s1. The Morgan fingerprint density at radius 1 is 1.00 bits per heavy atom. The van der Waals surface area contributed by atoms with Gasteiger partial charge in [0.25, 0.3) is 11.4 Å². The van der Waals surface area contributed by atoms with E-state index < -0.39 is 58.5 Å². The molecule has 0 bridgehead atoms. The van der Waals surface area contributed by atoms with Gasteiger partial charge >= 0.3 is 0 Å². The van der Waals surface area contributed by atoms with Crippen molar-refractivity contribution in [3.05, 3.63) is 38.4 Å². The van der Waals surface area contributed by atoms with Crippen molar-refractivity contribution in [2.24, 2.45) is 0 Å². The van der Waals surface area contributed by atoms with Crippen molar-refractivity contribution >= 4 is 17.1 Å². The highest BCUT2D eigenvalue weighted by Crippen LogP contribution is 2.28. The number of rotatable bonds is 5. The number of benzene rings is 1. The number of nitrogens with one attached hydrogen (secondary N) is 1. The molecule has 0 radical (unpaired) electrons. The smallest absolute Gasteiger partial charge is 0.278 e. The Labute approximate surface area is 134 Å². The molecular weight excluding hydrogens is 330 g/mol. The monoisotopic (exact) mass is 345 g/mol. The third-order valence-electron chi connectivity index (χ3n) is 3.53. The van der Waals surface area contributed by atoms with Crippen LogP contribution >= 0.6 is 0 Å². The minimum absolute atomic E-state index is 0.111. The highest BCUT2D eigenvalue weighted by atomic mass is 16.6. The van der Waals surface area contributed by atoms with E-state index in [0.717, 1.165) is 18.2 Å². The first-order valence-corrected chi connectivity index (χ1v) is 6.75. The van der Waals surface area contributed by atoms with E-state index in [0.29, 0.717) is 0 Å². The van der Waals surface area contributed by atoms with Crippen molar-refractivity contribution in [1.82, 2.24) is 0 Å².